The number of hydrogen-bond acceptors (Lipinski definition) is 4. The van der Waals surface area contributed by atoms with Gasteiger partial charge in [0.25, 0.3) is 20.2 Å². The highest BCUT2D eigenvalue weighted by Crippen LogP contribution is 2.15. The van der Waals surface area contributed by atoms with Crippen molar-refractivity contribution in [2.75, 3.05) is 0 Å². The van der Waals surface area contributed by atoms with E-state index in [1.807, 2.05) is 0 Å². The Morgan fingerprint density at radius 1 is 0.591 bits per heavy atom. The third-order valence-electron chi connectivity index (χ3n) is 2.82. The maximum atomic E-state index is 10.9. The minimum atomic E-state index is -4.21. The molecule has 0 aliphatic heterocycles. The van der Waals surface area contributed by atoms with Crippen molar-refractivity contribution < 1.29 is 25.9 Å². The molecular formula is C14H12O6S2. The first-order valence-corrected chi connectivity index (χ1v) is 8.87. The first-order valence-electron chi connectivity index (χ1n) is 5.99. The molecule has 2 aromatic carbocycles. The van der Waals surface area contributed by atoms with Gasteiger partial charge in [0.1, 0.15) is 0 Å². The number of benzene rings is 2. The van der Waals surface area contributed by atoms with Gasteiger partial charge in [-0.25, -0.2) is 0 Å². The quantitative estimate of drug-likeness (QED) is 0.653. The van der Waals surface area contributed by atoms with Crippen LogP contribution in [0.1, 0.15) is 11.1 Å². The van der Waals surface area contributed by atoms with E-state index in [4.69, 9.17) is 9.11 Å². The van der Waals surface area contributed by atoms with Crippen LogP contribution in [-0.2, 0) is 20.2 Å². The summed E-state index contributed by atoms with van der Waals surface area (Å²) in [6, 6.07) is 11.2. The molecule has 0 aliphatic carbocycles. The lowest BCUT2D eigenvalue weighted by Gasteiger charge is -1.99. The molecule has 0 aliphatic rings. The molecule has 0 saturated heterocycles. The van der Waals surface area contributed by atoms with Crippen LogP contribution in [-0.4, -0.2) is 25.9 Å². The fourth-order valence-electron chi connectivity index (χ4n) is 1.69. The standard InChI is InChI=1S/C14H12O6S2/c15-21(16,17)13-7-3-11(4-8-13)1-2-12-5-9-14(10-6-12)22(18,19)20/h1-10H,(H,15,16,17)(H,18,19,20)/b2-1+. The van der Waals surface area contributed by atoms with Gasteiger partial charge in [-0.05, 0) is 35.4 Å². The first kappa shape index (κ1) is 16.4. The van der Waals surface area contributed by atoms with Crippen LogP contribution in [0.3, 0.4) is 0 Å². The Morgan fingerprint density at radius 2 is 0.864 bits per heavy atom. The summed E-state index contributed by atoms with van der Waals surface area (Å²) in [7, 11) is -8.42. The molecule has 2 N–H and O–H groups in total. The van der Waals surface area contributed by atoms with Gasteiger partial charge >= 0.3 is 0 Å². The largest absolute Gasteiger partial charge is 0.294 e. The average molecular weight is 340 g/mol. The van der Waals surface area contributed by atoms with Gasteiger partial charge < -0.3 is 0 Å². The van der Waals surface area contributed by atoms with Crippen molar-refractivity contribution >= 4 is 32.4 Å². The second-order valence-corrected chi connectivity index (χ2v) is 7.26. The molecule has 0 bridgehead atoms. The molecule has 0 amide bonds. The summed E-state index contributed by atoms with van der Waals surface area (Å²) in [6.45, 7) is 0. The number of rotatable bonds is 4. The van der Waals surface area contributed by atoms with Gasteiger partial charge in [-0.2, -0.15) is 16.8 Å². The smallest absolute Gasteiger partial charge is 0.282 e. The van der Waals surface area contributed by atoms with Crippen molar-refractivity contribution in [3.05, 3.63) is 59.7 Å². The zero-order valence-corrected chi connectivity index (χ0v) is 12.8. The van der Waals surface area contributed by atoms with Gasteiger partial charge in [0, 0.05) is 0 Å². The van der Waals surface area contributed by atoms with E-state index in [0.29, 0.717) is 11.1 Å². The normalized spacial score (nSPS) is 12.6. The summed E-state index contributed by atoms with van der Waals surface area (Å²) in [5.74, 6) is 0. The third-order valence-corrected chi connectivity index (χ3v) is 4.56. The minimum absolute atomic E-state index is 0.192. The van der Waals surface area contributed by atoms with Crippen LogP contribution < -0.4 is 0 Å². The summed E-state index contributed by atoms with van der Waals surface area (Å²) in [5.41, 5.74) is 1.40. The molecule has 0 spiro atoms. The van der Waals surface area contributed by atoms with Crippen LogP contribution in [0.5, 0.6) is 0 Å². The lowest BCUT2D eigenvalue weighted by molar-refractivity contribution is 0.481. The third kappa shape index (κ3) is 4.25. The van der Waals surface area contributed by atoms with Crippen molar-refractivity contribution in [3.63, 3.8) is 0 Å². The molecular weight excluding hydrogens is 328 g/mol. The summed E-state index contributed by atoms with van der Waals surface area (Å²) in [6.07, 6.45) is 3.38. The minimum Gasteiger partial charge on any atom is -0.282 e. The molecule has 0 unspecified atom stereocenters. The highest BCUT2D eigenvalue weighted by molar-refractivity contribution is 7.86. The predicted molar refractivity (Wildman–Crippen MR) is 81.4 cm³/mol. The fourth-order valence-corrected chi connectivity index (χ4v) is 2.65. The Kier molecular flexibility index (Phi) is 4.47. The van der Waals surface area contributed by atoms with E-state index < -0.39 is 20.2 Å². The molecule has 22 heavy (non-hydrogen) atoms. The monoisotopic (exact) mass is 340 g/mol. The molecule has 0 heterocycles. The van der Waals surface area contributed by atoms with E-state index in [9.17, 15) is 16.8 Å². The fraction of sp³-hybridized carbons (Fsp3) is 0. The van der Waals surface area contributed by atoms with Gasteiger partial charge in [-0.15, -0.1) is 0 Å². The summed E-state index contributed by atoms with van der Waals surface area (Å²) < 4.78 is 61.3. The van der Waals surface area contributed by atoms with Gasteiger partial charge in [0.05, 0.1) is 9.79 Å². The van der Waals surface area contributed by atoms with Crippen molar-refractivity contribution in [2.45, 2.75) is 9.79 Å². The molecule has 0 aromatic heterocycles. The SMILES string of the molecule is O=S(=O)(O)c1ccc(/C=C/c2ccc(S(=O)(=O)O)cc2)cc1. The highest BCUT2D eigenvalue weighted by Gasteiger charge is 2.08. The highest BCUT2D eigenvalue weighted by atomic mass is 32.2. The van der Waals surface area contributed by atoms with Crippen LogP contribution in [0.4, 0.5) is 0 Å². The Bertz CT molecular complexity index is 815. The van der Waals surface area contributed by atoms with E-state index in [1.165, 1.54) is 48.5 Å². The van der Waals surface area contributed by atoms with E-state index in [-0.39, 0.29) is 9.79 Å². The molecule has 6 nitrogen and oxygen atoms in total. The van der Waals surface area contributed by atoms with Crippen LogP contribution in [0.15, 0.2) is 58.3 Å². The van der Waals surface area contributed by atoms with Crippen LogP contribution >= 0.6 is 0 Å². The molecule has 8 heteroatoms. The van der Waals surface area contributed by atoms with E-state index in [1.54, 1.807) is 12.2 Å². The van der Waals surface area contributed by atoms with Crippen LogP contribution in [0.25, 0.3) is 12.2 Å². The van der Waals surface area contributed by atoms with Crippen molar-refractivity contribution in [1.82, 2.24) is 0 Å². The Labute approximate surface area is 128 Å². The average Bonchev–Trinajstić information content (AvgIpc) is 2.44. The molecule has 116 valence electrons. The zero-order chi connectivity index (χ0) is 16.4. The molecule has 0 atom stereocenters. The van der Waals surface area contributed by atoms with Gasteiger partial charge in [0.2, 0.25) is 0 Å². The second kappa shape index (κ2) is 6.01. The first-order chi connectivity index (χ1) is 10.2. The number of hydrogen-bond donors (Lipinski definition) is 2. The van der Waals surface area contributed by atoms with Gasteiger partial charge in [-0.1, -0.05) is 36.4 Å². The van der Waals surface area contributed by atoms with Gasteiger partial charge in [-0.3, -0.25) is 9.11 Å². The summed E-state index contributed by atoms with van der Waals surface area (Å²) >= 11 is 0. The Balaban J connectivity index is 2.18. The van der Waals surface area contributed by atoms with Crippen molar-refractivity contribution in [1.29, 1.82) is 0 Å². The Morgan fingerprint density at radius 3 is 1.09 bits per heavy atom. The second-order valence-electron chi connectivity index (χ2n) is 4.42. The molecule has 2 rings (SSSR count). The molecule has 0 fully saturated rings. The molecule has 0 radical (unpaired) electrons. The van der Waals surface area contributed by atoms with Crippen molar-refractivity contribution in [3.8, 4) is 0 Å². The topological polar surface area (TPSA) is 109 Å². The van der Waals surface area contributed by atoms with Crippen LogP contribution in [0.2, 0.25) is 0 Å². The zero-order valence-electron chi connectivity index (χ0n) is 11.1. The maximum absolute atomic E-state index is 10.9. The Hall–Kier alpha value is -2.00. The van der Waals surface area contributed by atoms with E-state index >= 15 is 0 Å². The van der Waals surface area contributed by atoms with Gasteiger partial charge in [0.15, 0.2) is 0 Å². The lowest BCUT2D eigenvalue weighted by Crippen LogP contribution is -1.97. The molecule has 2 aromatic rings. The van der Waals surface area contributed by atoms with E-state index in [2.05, 4.69) is 0 Å². The maximum Gasteiger partial charge on any atom is 0.294 e. The summed E-state index contributed by atoms with van der Waals surface area (Å²) in [4.78, 5) is -0.385. The predicted octanol–water partition coefficient (Wildman–Crippen LogP) is 2.35. The van der Waals surface area contributed by atoms with E-state index in [0.717, 1.165) is 0 Å². The van der Waals surface area contributed by atoms with Crippen molar-refractivity contribution in [2.24, 2.45) is 0 Å². The van der Waals surface area contributed by atoms with Crippen LogP contribution in [0, 0.1) is 0 Å². The molecule has 0 saturated carbocycles. The lowest BCUT2D eigenvalue weighted by atomic mass is 10.1. The summed E-state index contributed by atoms with van der Waals surface area (Å²) in [5, 5.41) is 0.